The Balaban J connectivity index is 4.56. The van der Waals surface area contributed by atoms with Crippen LogP contribution in [0.4, 0.5) is 0 Å². The van der Waals surface area contributed by atoms with Crippen molar-refractivity contribution >= 4 is 5.97 Å². The average Bonchev–Trinajstić information content (AvgIpc) is 2.12. The van der Waals surface area contributed by atoms with E-state index in [4.69, 9.17) is 6.96 Å². The molecule has 0 fully saturated rings. The lowest BCUT2D eigenvalue weighted by molar-refractivity contribution is -0.137. The molecule has 0 rings (SSSR count). The van der Waals surface area contributed by atoms with Gasteiger partial charge in [-0.1, -0.05) is 0 Å². The number of aliphatic carboxylic acids is 1. The van der Waals surface area contributed by atoms with Crippen LogP contribution in [0.25, 0.3) is 1.43 Å². The van der Waals surface area contributed by atoms with Crippen molar-refractivity contribution in [3.63, 3.8) is 0 Å². The van der Waals surface area contributed by atoms with Crippen molar-refractivity contribution in [3.8, 4) is 0 Å². The molecule has 0 saturated heterocycles. The monoisotopic (exact) mass is 164 g/mol. The van der Waals surface area contributed by atoms with Crippen LogP contribution in [-0.2, 0) is 4.79 Å². The maximum Gasteiger partial charge on any atom is 0.303 e. The predicted molar refractivity (Wildman–Crippen MR) is 44.6 cm³/mol. The molecule has 0 radical (unpaired) electrons. The molecular weight excluding hydrogens is 142 g/mol. The lowest BCUT2D eigenvalue weighted by Gasteiger charge is -2.19. The van der Waals surface area contributed by atoms with E-state index in [-0.39, 0.29) is 0 Å². The second kappa shape index (κ2) is 4.34. The third-order valence-corrected chi connectivity index (χ3v) is 0.816. The van der Waals surface area contributed by atoms with Crippen molar-refractivity contribution in [2.45, 2.75) is 39.1 Å². The van der Waals surface area contributed by atoms with Gasteiger partial charge in [0.25, 0.3) is 1.43 Å². The van der Waals surface area contributed by atoms with Crippen molar-refractivity contribution < 1.29 is 15.4 Å². The zero-order valence-corrected chi connectivity index (χ0v) is 7.05. The number of carboxylic acids is 1. The number of hydrogen-bond donors (Lipinski definition) is 2. The normalized spacial score (nSPS) is 22.4. The Hall–Kier alpha value is -0.570. The van der Waals surface area contributed by atoms with Gasteiger partial charge in [0.1, 0.15) is 1.41 Å². The molecule has 0 aliphatic rings. The molecule has 0 aromatic rings. The first-order valence-corrected chi connectivity index (χ1v) is 3.40. The zero-order valence-electron chi connectivity index (χ0n) is 12.0. The summed E-state index contributed by atoms with van der Waals surface area (Å²) in [6.07, 6.45) is -2.93. The van der Waals surface area contributed by atoms with E-state index >= 15 is 0 Å². The average molecular weight is 164 g/mol. The molecule has 0 amide bonds. The smallest absolute Gasteiger partial charge is 0.303 e. The van der Waals surface area contributed by atoms with E-state index in [2.05, 4.69) is 5.11 Å². The Kier molecular flexibility index (Phi) is 1.76. The quantitative estimate of drug-likeness (QED) is 0.657. The van der Waals surface area contributed by atoms with E-state index in [9.17, 15) is 4.79 Å². The SMILES string of the molecule is [2H]OC(=O)C([2H])([2H])CC([2H])N([2H])C(C)(C)C. The lowest BCUT2D eigenvalue weighted by Crippen LogP contribution is -2.36. The molecule has 0 aromatic heterocycles. The first kappa shape index (κ1) is 4.45. The van der Waals surface area contributed by atoms with Crippen molar-refractivity contribution in [2.75, 3.05) is 6.52 Å². The number of carboxylic acid groups (broad SMARTS) is 1. The summed E-state index contributed by atoms with van der Waals surface area (Å²) in [6.45, 7) is 3.92. The van der Waals surface area contributed by atoms with Gasteiger partial charge in [-0.2, -0.15) is 0 Å². The van der Waals surface area contributed by atoms with Gasteiger partial charge in [0.05, 0.1) is 0 Å². The Morgan fingerprint density at radius 2 is 2.45 bits per heavy atom. The first-order valence-electron chi connectivity index (χ1n) is 5.83. The van der Waals surface area contributed by atoms with Crippen LogP contribution in [0.1, 0.15) is 37.7 Å². The second-order valence-electron chi connectivity index (χ2n) is 3.15. The molecule has 11 heavy (non-hydrogen) atoms. The van der Waals surface area contributed by atoms with Gasteiger partial charge >= 0.3 is 5.97 Å². The minimum absolute atomic E-state index is 0.508. The Labute approximate surface area is 75.0 Å². The van der Waals surface area contributed by atoms with E-state index < -0.39 is 30.8 Å². The highest BCUT2D eigenvalue weighted by Gasteiger charge is 2.07. The van der Waals surface area contributed by atoms with Crippen LogP contribution in [0.15, 0.2) is 0 Å². The van der Waals surface area contributed by atoms with Gasteiger partial charge in [-0.25, -0.2) is 0 Å². The number of carbonyl (C=O) groups is 1. The van der Waals surface area contributed by atoms with Crippen LogP contribution in [0.2, 0.25) is 1.41 Å². The van der Waals surface area contributed by atoms with Gasteiger partial charge in [0, 0.05) is 16.0 Å². The maximum atomic E-state index is 10.9. The van der Waals surface area contributed by atoms with E-state index in [0.29, 0.717) is 0 Å². The molecule has 3 heteroatoms. The fourth-order valence-electron chi connectivity index (χ4n) is 0.448. The second-order valence-corrected chi connectivity index (χ2v) is 3.15. The first-order chi connectivity index (χ1) is 7.02. The van der Waals surface area contributed by atoms with Gasteiger partial charge in [-0.05, 0) is 33.7 Å². The summed E-state index contributed by atoms with van der Waals surface area (Å²) in [5.41, 5.74) is -0.618. The van der Waals surface area contributed by atoms with E-state index in [1.165, 1.54) is 0 Å². The van der Waals surface area contributed by atoms with Gasteiger partial charge < -0.3 is 10.4 Å². The molecule has 0 aromatic carbocycles. The van der Waals surface area contributed by atoms with E-state index in [1.54, 1.807) is 20.8 Å². The zero-order chi connectivity index (χ0) is 13.1. The van der Waals surface area contributed by atoms with Crippen molar-refractivity contribution in [3.05, 3.63) is 0 Å². The molecule has 0 bridgehead atoms. The molecule has 0 aliphatic carbocycles. The lowest BCUT2D eigenvalue weighted by atomic mass is 10.1. The summed E-state index contributed by atoms with van der Waals surface area (Å²) >= 11 is 0. The Bertz CT molecular complexity index is 253. The molecule has 0 aliphatic heterocycles. The van der Waals surface area contributed by atoms with Crippen LogP contribution < -0.4 is 5.31 Å². The third kappa shape index (κ3) is 9.43. The van der Waals surface area contributed by atoms with Gasteiger partial charge in [0.2, 0.25) is 0 Å². The highest BCUT2D eigenvalue weighted by atomic mass is 16.4. The minimum atomic E-state index is -2.42. The van der Waals surface area contributed by atoms with Crippen molar-refractivity contribution in [2.24, 2.45) is 0 Å². The molecule has 2 N–H and O–H groups in total. The highest BCUT2D eigenvalue weighted by Crippen LogP contribution is 1.98. The van der Waals surface area contributed by atoms with Gasteiger partial charge in [-0.3, -0.25) is 4.79 Å². The largest absolute Gasteiger partial charge is 0.481 e. The van der Waals surface area contributed by atoms with Crippen molar-refractivity contribution in [1.82, 2.24) is 5.31 Å². The van der Waals surface area contributed by atoms with Crippen LogP contribution in [0.5, 0.6) is 0 Å². The maximum absolute atomic E-state index is 10.9. The van der Waals surface area contributed by atoms with Crippen LogP contribution in [0, 0.1) is 0 Å². The Morgan fingerprint density at radius 1 is 1.82 bits per heavy atom. The molecule has 1 atom stereocenters. The summed E-state index contributed by atoms with van der Waals surface area (Å²) in [5.74, 6) is -1.34. The molecule has 0 spiro atoms. The van der Waals surface area contributed by atoms with E-state index in [1.807, 2.05) is 0 Å². The molecule has 0 heterocycles. The fraction of sp³-hybridized carbons (Fsp3) is 0.875. The summed E-state index contributed by atoms with van der Waals surface area (Å²) in [7, 11) is 0. The summed E-state index contributed by atoms with van der Waals surface area (Å²) in [4.78, 5) is 10.9. The van der Waals surface area contributed by atoms with Gasteiger partial charge in [0.15, 0.2) is 0 Å². The standard InChI is InChI=1S/C8H17NO2/c1-8(2,3)9-6-4-5-7(10)11/h9H,4-6H2,1-3H3,(H,10,11)/i5D2,6D/hD2. The summed E-state index contributed by atoms with van der Waals surface area (Å²) < 4.78 is 36.1. The minimum Gasteiger partial charge on any atom is -0.481 e. The highest BCUT2D eigenvalue weighted by molar-refractivity contribution is 5.66. The molecule has 3 nitrogen and oxygen atoms in total. The Morgan fingerprint density at radius 3 is 2.91 bits per heavy atom. The molecule has 66 valence electrons. The van der Waals surface area contributed by atoms with Gasteiger partial charge in [-0.15, -0.1) is 0 Å². The topological polar surface area (TPSA) is 49.3 Å². The summed E-state index contributed by atoms with van der Waals surface area (Å²) in [6, 6.07) is 0. The fourth-order valence-corrected chi connectivity index (χ4v) is 0.448. The number of rotatable bonds is 4. The number of nitrogens with one attached hydrogen (secondary N) is 1. The number of hydrogen-bond acceptors (Lipinski definition) is 3. The van der Waals surface area contributed by atoms with E-state index in [0.717, 1.165) is 5.31 Å². The molecular formula is C8H17NO2. The van der Waals surface area contributed by atoms with Crippen LogP contribution in [-0.4, -0.2) is 23.1 Å². The van der Waals surface area contributed by atoms with Crippen LogP contribution in [0.3, 0.4) is 0 Å². The molecule has 1 unspecified atom stereocenters. The van der Waals surface area contributed by atoms with Crippen LogP contribution >= 0.6 is 0 Å². The third-order valence-electron chi connectivity index (χ3n) is 0.816. The predicted octanol–water partition coefficient (Wildman–Crippen LogP) is 1.24. The molecule has 0 saturated carbocycles. The van der Waals surface area contributed by atoms with Crippen molar-refractivity contribution in [1.29, 1.82) is 1.43 Å². The summed E-state index contributed by atoms with van der Waals surface area (Å²) in [5, 5.41) is 4.46.